The van der Waals surface area contributed by atoms with E-state index in [1.54, 1.807) is 9.80 Å². The van der Waals surface area contributed by atoms with Crippen molar-refractivity contribution in [1.82, 2.24) is 25.4 Å². The van der Waals surface area contributed by atoms with Crippen molar-refractivity contribution in [2.45, 2.75) is 51.2 Å². The second-order valence-electron chi connectivity index (χ2n) is 9.84. The molecule has 2 aromatic rings. The number of alkyl carbamates (subject to hydrolysis) is 1. The van der Waals surface area contributed by atoms with Crippen LogP contribution in [0, 0.1) is 17.6 Å². The second kappa shape index (κ2) is 11.8. The van der Waals surface area contributed by atoms with E-state index in [9.17, 15) is 28.0 Å². The van der Waals surface area contributed by atoms with Crippen LogP contribution < -0.4 is 10.6 Å². The number of hydrogen-bond acceptors (Lipinski definition) is 5. The zero-order valence-electron chi connectivity index (χ0n) is 21.5. The topological polar surface area (TPSA) is 124 Å². The first-order chi connectivity index (χ1) is 18.2. The van der Waals surface area contributed by atoms with Gasteiger partial charge in [-0.1, -0.05) is 19.3 Å². The number of benzene rings is 1. The molecule has 1 aliphatic carbocycles. The fourth-order valence-corrected chi connectivity index (χ4v) is 5.13. The second-order valence-corrected chi connectivity index (χ2v) is 9.84. The predicted molar refractivity (Wildman–Crippen MR) is 134 cm³/mol. The molecule has 2 atom stereocenters. The molecule has 1 saturated heterocycles. The van der Waals surface area contributed by atoms with Gasteiger partial charge in [0, 0.05) is 50.2 Å². The van der Waals surface area contributed by atoms with Crippen molar-refractivity contribution in [2.75, 3.05) is 33.2 Å². The molecule has 4 amide bonds. The lowest BCUT2D eigenvalue weighted by Gasteiger charge is -2.39. The summed E-state index contributed by atoms with van der Waals surface area (Å²) in [5.74, 6) is -3.11. The molecule has 0 spiro atoms. The number of ether oxygens (including phenoxy) is 1. The quantitative estimate of drug-likeness (QED) is 0.527. The molecule has 1 aromatic carbocycles. The van der Waals surface area contributed by atoms with Gasteiger partial charge in [0.15, 0.2) is 17.7 Å². The highest BCUT2D eigenvalue weighted by Gasteiger charge is 2.37. The fourth-order valence-electron chi connectivity index (χ4n) is 5.13. The highest BCUT2D eigenvalue weighted by molar-refractivity contribution is 5.98. The van der Waals surface area contributed by atoms with Crippen molar-refractivity contribution >= 4 is 34.7 Å². The SMILES string of the molecule is CNC(=O)OC(C)C(=O)NC(C(=O)N1CCN(C(=O)c2cc3cc(F)c(F)cc3[nH]2)CC1)C1CCCCC1. The highest BCUT2D eigenvalue weighted by Crippen LogP contribution is 2.28. The molecule has 0 bridgehead atoms. The van der Waals surface area contributed by atoms with Crippen LogP contribution in [0.15, 0.2) is 18.2 Å². The summed E-state index contributed by atoms with van der Waals surface area (Å²) in [4.78, 5) is 56.9. The van der Waals surface area contributed by atoms with Gasteiger partial charge >= 0.3 is 6.09 Å². The van der Waals surface area contributed by atoms with Gasteiger partial charge in [-0.05, 0) is 37.8 Å². The largest absolute Gasteiger partial charge is 0.436 e. The van der Waals surface area contributed by atoms with Gasteiger partial charge in [-0.3, -0.25) is 14.4 Å². The summed E-state index contributed by atoms with van der Waals surface area (Å²) in [6.45, 7) is 2.54. The number of rotatable bonds is 6. The minimum atomic E-state index is -1.07. The number of aromatic nitrogens is 1. The number of fused-ring (bicyclic) bond motifs is 1. The number of nitrogens with one attached hydrogen (secondary N) is 3. The Morgan fingerprint density at radius 2 is 1.61 bits per heavy atom. The van der Waals surface area contributed by atoms with Crippen molar-refractivity contribution in [3.05, 3.63) is 35.5 Å². The van der Waals surface area contributed by atoms with E-state index in [1.165, 1.54) is 20.0 Å². The minimum Gasteiger partial charge on any atom is -0.436 e. The molecule has 10 nitrogen and oxygen atoms in total. The van der Waals surface area contributed by atoms with Gasteiger partial charge in [-0.25, -0.2) is 13.6 Å². The number of carbonyl (C=O) groups excluding carboxylic acids is 4. The van der Waals surface area contributed by atoms with Gasteiger partial charge in [0.2, 0.25) is 5.91 Å². The molecule has 2 heterocycles. The van der Waals surface area contributed by atoms with Crippen LogP contribution in [-0.2, 0) is 14.3 Å². The van der Waals surface area contributed by atoms with Gasteiger partial charge in [0.1, 0.15) is 11.7 Å². The third kappa shape index (κ3) is 6.05. The molecule has 3 N–H and O–H groups in total. The Bertz CT molecular complexity index is 1170. The molecule has 1 aliphatic heterocycles. The van der Waals surface area contributed by atoms with E-state index < -0.39 is 35.8 Å². The molecule has 4 rings (SSSR count). The Balaban J connectivity index is 1.40. The summed E-state index contributed by atoms with van der Waals surface area (Å²) in [6.07, 6.45) is 2.82. The summed E-state index contributed by atoms with van der Waals surface area (Å²) in [6, 6.07) is 2.78. The van der Waals surface area contributed by atoms with Gasteiger partial charge in [0.25, 0.3) is 11.8 Å². The summed E-state index contributed by atoms with van der Waals surface area (Å²) in [5, 5.41) is 5.50. The zero-order chi connectivity index (χ0) is 27.4. The van der Waals surface area contributed by atoms with Gasteiger partial charge < -0.3 is 30.2 Å². The molecular formula is C26H33F2N5O5. The average Bonchev–Trinajstić information content (AvgIpc) is 3.33. The molecule has 1 aromatic heterocycles. The number of carbonyl (C=O) groups is 4. The van der Waals surface area contributed by atoms with E-state index in [2.05, 4.69) is 15.6 Å². The maximum atomic E-state index is 13.6. The van der Waals surface area contributed by atoms with Crippen LogP contribution in [0.25, 0.3) is 10.9 Å². The first-order valence-corrected chi connectivity index (χ1v) is 12.9. The van der Waals surface area contributed by atoms with E-state index in [1.807, 2.05) is 0 Å². The minimum absolute atomic E-state index is 0.0285. The van der Waals surface area contributed by atoms with Gasteiger partial charge in [-0.2, -0.15) is 0 Å². The molecule has 2 unspecified atom stereocenters. The normalized spacial score (nSPS) is 18.1. The van der Waals surface area contributed by atoms with E-state index in [0.29, 0.717) is 10.9 Å². The Hall–Kier alpha value is -3.70. The molecule has 0 radical (unpaired) electrons. The lowest BCUT2D eigenvalue weighted by molar-refractivity contribution is -0.141. The van der Waals surface area contributed by atoms with E-state index >= 15 is 0 Å². The van der Waals surface area contributed by atoms with Crippen LogP contribution in [0.2, 0.25) is 0 Å². The first kappa shape index (κ1) is 27.3. The Kier molecular flexibility index (Phi) is 8.48. The molecule has 2 aliphatic rings. The number of amides is 4. The number of piperazine rings is 1. The molecule has 206 valence electrons. The van der Waals surface area contributed by atoms with Crippen molar-refractivity contribution in [2.24, 2.45) is 5.92 Å². The number of H-pyrrole nitrogens is 1. The van der Waals surface area contributed by atoms with Gasteiger partial charge in [0.05, 0.1) is 0 Å². The summed E-state index contributed by atoms with van der Waals surface area (Å²) >= 11 is 0. The van der Waals surface area contributed by atoms with E-state index in [0.717, 1.165) is 44.2 Å². The monoisotopic (exact) mass is 533 g/mol. The van der Waals surface area contributed by atoms with Crippen molar-refractivity contribution in [1.29, 1.82) is 0 Å². The molecule has 1 saturated carbocycles. The number of halogens is 2. The van der Waals surface area contributed by atoms with Crippen LogP contribution in [0.3, 0.4) is 0 Å². The van der Waals surface area contributed by atoms with Crippen molar-refractivity contribution in [3.8, 4) is 0 Å². The van der Waals surface area contributed by atoms with Crippen LogP contribution in [0.5, 0.6) is 0 Å². The van der Waals surface area contributed by atoms with Crippen LogP contribution in [-0.4, -0.2) is 84.0 Å². The maximum Gasteiger partial charge on any atom is 0.407 e. The summed E-state index contributed by atoms with van der Waals surface area (Å²) in [5.41, 5.74) is 0.531. The van der Waals surface area contributed by atoms with Gasteiger partial charge in [-0.15, -0.1) is 0 Å². The van der Waals surface area contributed by atoms with E-state index in [-0.39, 0.29) is 49.6 Å². The van der Waals surface area contributed by atoms with Crippen LogP contribution >= 0.6 is 0 Å². The summed E-state index contributed by atoms with van der Waals surface area (Å²) < 4.78 is 32.1. The zero-order valence-corrected chi connectivity index (χ0v) is 21.5. The summed E-state index contributed by atoms with van der Waals surface area (Å²) in [7, 11) is 1.39. The lowest BCUT2D eigenvalue weighted by Crippen LogP contribution is -2.59. The maximum absolute atomic E-state index is 13.6. The Labute approximate surface area is 219 Å². The Morgan fingerprint density at radius 1 is 0.974 bits per heavy atom. The average molecular weight is 534 g/mol. The lowest BCUT2D eigenvalue weighted by atomic mass is 9.83. The third-order valence-electron chi connectivity index (χ3n) is 7.31. The van der Waals surface area contributed by atoms with Crippen molar-refractivity contribution in [3.63, 3.8) is 0 Å². The molecular weight excluding hydrogens is 500 g/mol. The molecule has 38 heavy (non-hydrogen) atoms. The third-order valence-corrected chi connectivity index (χ3v) is 7.31. The number of hydrogen-bond donors (Lipinski definition) is 3. The fraction of sp³-hybridized carbons (Fsp3) is 0.538. The number of nitrogens with zero attached hydrogens (tertiary/aromatic N) is 2. The molecule has 2 fully saturated rings. The van der Waals surface area contributed by atoms with E-state index in [4.69, 9.17) is 4.74 Å². The standard InChI is InChI=1S/C26H33F2N5O5/c1-15(38-26(37)29-2)23(34)31-22(16-6-4-3-5-7-16)25(36)33-10-8-32(9-11-33)24(35)21-13-17-12-18(27)19(28)14-20(17)30-21/h12-16,22,30H,3-11H2,1-2H3,(H,29,37)(H,31,34). The smallest absolute Gasteiger partial charge is 0.407 e. The Morgan fingerprint density at radius 3 is 2.26 bits per heavy atom. The first-order valence-electron chi connectivity index (χ1n) is 12.9. The van der Waals surface area contributed by atoms with Crippen LogP contribution in [0.1, 0.15) is 49.5 Å². The number of aromatic amines is 1. The van der Waals surface area contributed by atoms with Crippen molar-refractivity contribution < 1.29 is 32.7 Å². The highest BCUT2D eigenvalue weighted by atomic mass is 19.2. The molecule has 12 heteroatoms. The van der Waals surface area contributed by atoms with Crippen LogP contribution in [0.4, 0.5) is 13.6 Å². The predicted octanol–water partition coefficient (Wildman–Crippen LogP) is 2.54.